The van der Waals surface area contributed by atoms with Gasteiger partial charge in [-0.2, -0.15) is 0 Å². The van der Waals surface area contributed by atoms with E-state index in [1.165, 1.54) is 12.1 Å². The van der Waals surface area contributed by atoms with Gasteiger partial charge in [0.25, 0.3) is 0 Å². The summed E-state index contributed by atoms with van der Waals surface area (Å²) in [5.74, 6) is -0.118. The third-order valence-electron chi connectivity index (χ3n) is 5.10. The van der Waals surface area contributed by atoms with Gasteiger partial charge in [-0.3, -0.25) is 9.80 Å². The van der Waals surface area contributed by atoms with Gasteiger partial charge in [0.2, 0.25) is 0 Å². The van der Waals surface area contributed by atoms with Crippen molar-refractivity contribution in [3.63, 3.8) is 0 Å². The Hall–Kier alpha value is -2.48. The first kappa shape index (κ1) is 17.9. The van der Waals surface area contributed by atoms with Crippen molar-refractivity contribution in [2.24, 2.45) is 0 Å². The predicted octanol–water partition coefficient (Wildman–Crippen LogP) is 2.45. The highest BCUT2D eigenvalue weighted by molar-refractivity contribution is 5.94. The summed E-state index contributed by atoms with van der Waals surface area (Å²) in [7, 11) is 0. The fraction of sp³-hybridized carbons (Fsp3) is 0.350. The number of piperazine rings is 1. The third kappa shape index (κ3) is 3.66. The summed E-state index contributed by atoms with van der Waals surface area (Å²) in [5, 5.41) is 24.4. The molecule has 0 atom stereocenters. The minimum atomic E-state index is -0.301. The monoisotopic (exact) mass is 371 g/mol. The zero-order chi connectivity index (χ0) is 18.8. The minimum absolute atomic E-state index is 0.171. The van der Waals surface area contributed by atoms with E-state index in [-0.39, 0.29) is 18.2 Å². The maximum absolute atomic E-state index is 13.2. The normalized spacial score (nSPS) is 16.2. The van der Waals surface area contributed by atoms with Gasteiger partial charge < -0.3 is 14.7 Å². The van der Waals surface area contributed by atoms with Crippen LogP contribution in [0.1, 0.15) is 5.56 Å². The van der Waals surface area contributed by atoms with Crippen LogP contribution >= 0.6 is 0 Å². The van der Waals surface area contributed by atoms with Crippen LogP contribution in [-0.2, 0) is 6.54 Å². The quantitative estimate of drug-likeness (QED) is 0.718. The highest BCUT2D eigenvalue weighted by Gasteiger charge is 2.22. The van der Waals surface area contributed by atoms with Crippen molar-refractivity contribution < 1.29 is 19.1 Å². The van der Waals surface area contributed by atoms with E-state index in [2.05, 4.69) is 15.0 Å². The molecule has 1 saturated heterocycles. The van der Waals surface area contributed by atoms with Gasteiger partial charge in [-0.1, -0.05) is 5.16 Å². The number of β-amino-alcohol motifs (C(OH)–C–C–N with tert-alkyl or cyclic N) is 1. The average molecular weight is 371 g/mol. The molecule has 2 N–H and O–H groups in total. The molecular weight excluding hydrogens is 349 g/mol. The second-order valence-corrected chi connectivity index (χ2v) is 6.82. The summed E-state index contributed by atoms with van der Waals surface area (Å²) in [6, 6.07) is 9.55. The van der Waals surface area contributed by atoms with Crippen molar-refractivity contribution >= 4 is 11.0 Å². The largest absolute Gasteiger partial charge is 0.507 e. The summed E-state index contributed by atoms with van der Waals surface area (Å²) >= 11 is 0. The van der Waals surface area contributed by atoms with Gasteiger partial charge in [-0.05, 0) is 36.4 Å². The lowest BCUT2D eigenvalue weighted by molar-refractivity contribution is 0.108. The SMILES string of the molecule is OCCN1CCN(Cc2c(O)ccc3c(-c4ccc(F)cc4)noc23)CC1. The van der Waals surface area contributed by atoms with Crippen LogP contribution in [0.4, 0.5) is 4.39 Å². The number of aromatic hydroxyl groups is 1. The van der Waals surface area contributed by atoms with E-state index < -0.39 is 0 Å². The Morgan fingerprint density at radius 1 is 1.00 bits per heavy atom. The van der Waals surface area contributed by atoms with Crippen molar-refractivity contribution in [2.45, 2.75) is 6.54 Å². The number of aliphatic hydroxyl groups excluding tert-OH is 1. The van der Waals surface area contributed by atoms with E-state index in [0.717, 1.165) is 37.1 Å². The fourth-order valence-electron chi connectivity index (χ4n) is 3.55. The first-order chi connectivity index (χ1) is 13.2. The zero-order valence-corrected chi connectivity index (χ0v) is 14.9. The molecule has 4 rings (SSSR count). The first-order valence-electron chi connectivity index (χ1n) is 9.07. The summed E-state index contributed by atoms with van der Waals surface area (Å²) in [4.78, 5) is 4.47. The molecule has 7 heteroatoms. The van der Waals surface area contributed by atoms with Crippen molar-refractivity contribution in [1.82, 2.24) is 15.0 Å². The molecule has 3 aromatic rings. The molecule has 27 heavy (non-hydrogen) atoms. The highest BCUT2D eigenvalue weighted by atomic mass is 19.1. The lowest BCUT2D eigenvalue weighted by atomic mass is 10.0. The molecule has 1 fully saturated rings. The van der Waals surface area contributed by atoms with E-state index in [1.807, 2.05) is 0 Å². The standard InChI is InChI=1S/C20H22FN3O3/c21-15-3-1-14(2-4-15)19-16-5-6-18(26)17(20(16)27-22-19)13-24-9-7-23(8-10-24)11-12-25/h1-6,25-26H,7-13H2. The highest BCUT2D eigenvalue weighted by Crippen LogP contribution is 2.34. The van der Waals surface area contributed by atoms with Crippen LogP contribution in [0.15, 0.2) is 40.9 Å². The molecule has 0 saturated carbocycles. The molecule has 1 aliphatic rings. The van der Waals surface area contributed by atoms with E-state index in [1.54, 1.807) is 24.3 Å². The molecule has 6 nitrogen and oxygen atoms in total. The van der Waals surface area contributed by atoms with Crippen LogP contribution in [0.5, 0.6) is 5.75 Å². The molecule has 0 radical (unpaired) electrons. The van der Waals surface area contributed by atoms with Crippen LogP contribution in [0.3, 0.4) is 0 Å². The van der Waals surface area contributed by atoms with Crippen molar-refractivity contribution in [2.75, 3.05) is 39.3 Å². The number of nitrogens with zero attached hydrogens (tertiary/aromatic N) is 3. The van der Waals surface area contributed by atoms with Gasteiger partial charge in [-0.15, -0.1) is 0 Å². The number of aliphatic hydroxyl groups is 1. The summed E-state index contributed by atoms with van der Waals surface area (Å²) in [6.07, 6.45) is 0. The zero-order valence-electron chi connectivity index (χ0n) is 14.9. The molecule has 2 aromatic carbocycles. The van der Waals surface area contributed by atoms with Crippen LogP contribution in [0, 0.1) is 5.82 Å². The number of phenolic OH excluding ortho intramolecular Hbond substituents is 1. The van der Waals surface area contributed by atoms with Crippen LogP contribution in [0.2, 0.25) is 0 Å². The third-order valence-corrected chi connectivity index (χ3v) is 5.10. The van der Waals surface area contributed by atoms with E-state index >= 15 is 0 Å². The van der Waals surface area contributed by atoms with Gasteiger partial charge in [0.1, 0.15) is 17.3 Å². The molecule has 142 valence electrons. The number of hydrogen-bond donors (Lipinski definition) is 2. The Balaban J connectivity index is 1.60. The molecule has 2 heterocycles. The summed E-state index contributed by atoms with van der Waals surface area (Å²) < 4.78 is 18.8. The minimum Gasteiger partial charge on any atom is -0.507 e. The van der Waals surface area contributed by atoms with Crippen LogP contribution in [-0.4, -0.2) is 64.5 Å². The molecule has 0 unspecified atom stereocenters. The molecular formula is C20H22FN3O3. The Bertz CT molecular complexity index is 918. The maximum Gasteiger partial charge on any atom is 0.175 e. The number of rotatable bonds is 5. The summed E-state index contributed by atoms with van der Waals surface area (Å²) in [5.41, 5.74) is 2.68. The Morgan fingerprint density at radius 2 is 1.70 bits per heavy atom. The van der Waals surface area contributed by atoms with E-state index in [9.17, 15) is 9.50 Å². The number of aromatic nitrogens is 1. The lowest BCUT2D eigenvalue weighted by Crippen LogP contribution is -2.46. The molecule has 0 aliphatic carbocycles. The average Bonchev–Trinajstić information content (AvgIpc) is 3.11. The van der Waals surface area contributed by atoms with E-state index in [0.29, 0.717) is 29.9 Å². The number of benzene rings is 2. The number of phenols is 1. The lowest BCUT2D eigenvalue weighted by Gasteiger charge is -2.34. The number of halogens is 1. The van der Waals surface area contributed by atoms with Gasteiger partial charge in [0.05, 0.1) is 17.6 Å². The van der Waals surface area contributed by atoms with Crippen molar-refractivity contribution in [3.8, 4) is 17.0 Å². The molecule has 1 aliphatic heterocycles. The Morgan fingerprint density at radius 3 is 2.41 bits per heavy atom. The first-order valence-corrected chi connectivity index (χ1v) is 9.07. The second-order valence-electron chi connectivity index (χ2n) is 6.82. The van der Waals surface area contributed by atoms with Crippen LogP contribution < -0.4 is 0 Å². The smallest absolute Gasteiger partial charge is 0.175 e. The van der Waals surface area contributed by atoms with Crippen molar-refractivity contribution in [1.29, 1.82) is 0 Å². The van der Waals surface area contributed by atoms with Gasteiger partial charge in [0, 0.05) is 44.8 Å². The fourth-order valence-corrected chi connectivity index (χ4v) is 3.55. The number of fused-ring (bicyclic) bond motifs is 1. The van der Waals surface area contributed by atoms with Gasteiger partial charge in [0.15, 0.2) is 5.58 Å². The topological polar surface area (TPSA) is 73.0 Å². The van der Waals surface area contributed by atoms with Gasteiger partial charge in [-0.25, -0.2) is 4.39 Å². The number of hydrogen-bond acceptors (Lipinski definition) is 6. The second kappa shape index (κ2) is 7.64. The molecule has 0 spiro atoms. The molecule has 1 aromatic heterocycles. The Labute approximate surface area is 156 Å². The van der Waals surface area contributed by atoms with Gasteiger partial charge >= 0.3 is 0 Å². The molecule has 0 amide bonds. The molecule has 0 bridgehead atoms. The van der Waals surface area contributed by atoms with Crippen LogP contribution in [0.25, 0.3) is 22.2 Å². The predicted molar refractivity (Wildman–Crippen MR) is 99.9 cm³/mol. The Kier molecular flexibility index (Phi) is 5.07. The van der Waals surface area contributed by atoms with E-state index in [4.69, 9.17) is 9.63 Å². The summed E-state index contributed by atoms with van der Waals surface area (Å²) in [6.45, 7) is 4.91. The maximum atomic E-state index is 13.2. The van der Waals surface area contributed by atoms with Crippen molar-refractivity contribution in [3.05, 3.63) is 47.8 Å².